The van der Waals surface area contributed by atoms with E-state index in [4.69, 9.17) is 11.6 Å². The van der Waals surface area contributed by atoms with Gasteiger partial charge in [-0.25, -0.2) is 0 Å². The molecule has 0 spiro atoms. The molecule has 0 saturated carbocycles. The summed E-state index contributed by atoms with van der Waals surface area (Å²) in [5.41, 5.74) is 1.38. The Morgan fingerprint density at radius 1 is 1.20 bits per heavy atom. The molecule has 0 heterocycles. The highest BCUT2D eigenvalue weighted by atomic mass is 35.5. The van der Waals surface area contributed by atoms with Gasteiger partial charge in [0.2, 0.25) is 0 Å². The average molecular weight is 290 g/mol. The molecule has 0 radical (unpaired) electrons. The quantitative estimate of drug-likeness (QED) is 0.932. The summed E-state index contributed by atoms with van der Waals surface area (Å²) in [6.07, 6.45) is 0. The first-order valence-corrected chi connectivity index (χ1v) is 6.81. The molecule has 0 aromatic heterocycles. The number of halogens is 1. The Bertz CT molecular complexity index is 599. The lowest BCUT2D eigenvalue weighted by molar-refractivity contribution is 0.0752. The summed E-state index contributed by atoms with van der Waals surface area (Å²) in [7, 11) is 0. The van der Waals surface area contributed by atoms with E-state index in [1.54, 1.807) is 4.90 Å². The fourth-order valence-electron chi connectivity index (χ4n) is 1.98. The molecule has 3 nitrogen and oxygen atoms in total. The molecule has 1 amide bonds. The maximum absolute atomic E-state index is 12.5. The Kier molecular flexibility index (Phi) is 4.64. The molecule has 0 aliphatic carbocycles. The molecule has 2 aromatic rings. The van der Waals surface area contributed by atoms with Crippen LogP contribution in [0.25, 0.3) is 0 Å². The van der Waals surface area contributed by atoms with Crippen LogP contribution in [0.1, 0.15) is 22.8 Å². The van der Waals surface area contributed by atoms with Crippen molar-refractivity contribution in [1.29, 1.82) is 0 Å². The third-order valence-corrected chi connectivity index (χ3v) is 3.40. The topological polar surface area (TPSA) is 40.5 Å². The van der Waals surface area contributed by atoms with Gasteiger partial charge in [-0.3, -0.25) is 4.79 Å². The predicted octanol–water partition coefficient (Wildman–Crippen LogP) is 3.71. The number of rotatable bonds is 4. The second kappa shape index (κ2) is 6.44. The molecule has 2 aromatic carbocycles. The van der Waals surface area contributed by atoms with Gasteiger partial charge in [0.15, 0.2) is 0 Å². The largest absolute Gasteiger partial charge is 0.508 e. The number of phenols is 1. The van der Waals surface area contributed by atoms with Gasteiger partial charge in [0.05, 0.1) is 10.6 Å². The zero-order valence-electron chi connectivity index (χ0n) is 11.2. The highest BCUT2D eigenvalue weighted by Crippen LogP contribution is 2.23. The molecule has 4 heteroatoms. The number of amides is 1. The van der Waals surface area contributed by atoms with Gasteiger partial charge in [0.25, 0.3) is 5.91 Å². The smallest absolute Gasteiger partial charge is 0.255 e. The van der Waals surface area contributed by atoms with Crippen LogP contribution in [0.3, 0.4) is 0 Å². The van der Waals surface area contributed by atoms with E-state index in [1.165, 1.54) is 18.2 Å². The van der Waals surface area contributed by atoms with E-state index in [2.05, 4.69) is 0 Å². The van der Waals surface area contributed by atoms with Crippen LogP contribution in [0, 0.1) is 0 Å². The van der Waals surface area contributed by atoms with E-state index in [-0.39, 0.29) is 11.7 Å². The fourth-order valence-corrected chi connectivity index (χ4v) is 2.18. The van der Waals surface area contributed by atoms with E-state index < -0.39 is 0 Å². The lowest BCUT2D eigenvalue weighted by Crippen LogP contribution is -2.30. The first-order chi connectivity index (χ1) is 9.61. The molecule has 1 N–H and O–H groups in total. The minimum atomic E-state index is -0.183. The maximum Gasteiger partial charge on any atom is 0.255 e. The minimum absolute atomic E-state index is 0.0357. The van der Waals surface area contributed by atoms with Crippen LogP contribution in [0.4, 0.5) is 0 Å². The number of phenolic OH excluding ortho intramolecular Hbond substituents is 1. The number of hydrogen-bond acceptors (Lipinski definition) is 2. The van der Waals surface area contributed by atoms with Crippen LogP contribution in [0.15, 0.2) is 48.5 Å². The zero-order valence-corrected chi connectivity index (χ0v) is 12.0. The molecule has 0 saturated heterocycles. The predicted molar refractivity (Wildman–Crippen MR) is 80.0 cm³/mol. The van der Waals surface area contributed by atoms with Gasteiger partial charge in [-0.05, 0) is 30.7 Å². The SMILES string of the molecule is CCN(Cc1ccccc1)C(=O)c1cc(O)ccc1Cl. The van der Waals surface area contributed by atoms with E-state index in [0.717, 1.165) is 5.56 Å². The van der Waals surface area contributed by atoms with Gasteiger partial charge in [0, 0.05) is 13.1 Å². The van der Waals surface area contributed by atoms with E-state index in [1.807, 2.05) is 37.3 Å². The molecular formula is C16H16ClNO2. The van der Waals surface area contributed by atoms with Crippen molar-refractivity contribution < 1.29 is 9.90 Å². The normalized spacial score (nSPS) is 10.3. The van der Waals surface area contributed by atoms with Gasteiger partial charge >= 0.3 is 0 Å². The number of carbonyl (C=O) groups is 1. The number of nitrogens with zero attached hydrogens (tertiary/aromatic N) is 1. The third-order valence-electron chi connectivity index (χ3n) is 3.07. The number of aromatic hydroxyl groups is 1. The van der Waals surface area contributed by atoms with Crippen molar-refractivity contribution in [2.75, 3.05) is 6.54 Å². The van der Waals surface area contributed by atoms with Crippen LogP contribution < -0.4 is 0 Å². The molecule has 0 aliphatic rings. The van der Waals surface area contributed by atoms with Crippen molar-refractivity contribution in [1.82, 2.24) is 4.90 Å². The zero-order chi connectivity index (χ0) is 14.5. The third kappa shape index (κ3) is 3.31. The molecule has 0 unspecified atom stereocenters. The lowest BCUT2D eigenvalue weighted by Gasteiger charge is -2.21. The first kappa shape index (κ1) is 14.4. The summed E-state index contributed by atoms with van der Waals surface area (Å²) in [6.45, 7) is 3.00. The van der Waals surface area contributed by atoms with Gasteiger partial charge in [0.1, 0.15) is 5.75 Å². The van der Waals surface area contributed by atoms with Crippen LogP contribution in [0.5, 0.6) is 5.75 Å². The summed E-state index contributed by atoms with van der Waals surface area (Å²) < 4.78 is 0. The second-order valence-corrected chi connectivity index (χ2v) is 4.88. The Morgan fingerprint density at radius 3 is 2.55 bits per heavy atom. The van der Waals surface area contributed by atoms with Crippen molar-refractivity contribution in [3.8, 4) is 5.75 Å². The minimum Gasteiger partial charge on any atom is -0.508 e. The van der Waals surface area contributed by atoms with Crippen LogP contribution in [0.2, 0.25) is 5.02 Å². The van der Waals surface area contributed by atoms with Crippen molar-refractivity contribution in [3.05, 3.63) is 64.7 Å². The monoisotopic (exact) mass is 289 g/mol. The van der Waals surface area contributed by atoms with Crippen molar-refractivity contribution >= 4 is 17.5 Å². The molecule has 0 bridgehead atoms. The Labute approximate surface area is 123 Å². The summed E-state index contributed by atoms with van der Waals surface area (Å²) in [6, 6.07) is 14.2. The van der Waals surface area contributed by atoms with E-state index >= 15 is 0 Å². The van der Waals surface area contributed by atoms with Gasteiger partial charge in [-0.1, -0.05) is 41.9 Å². The standard InChI is InChI=1S/C16H16ClNO2/c1-2-18(11-12-6-4-3-5-7-12)16(20)14-10-13(19)8-9-15(14)17/h3-10,19H,2,11H2,1H3. The highest BCUT2D eigenvalue weighted by molar-refractivity contribution is 6.33. The van der Waals surface area contributed by atoms with Crippen molar-refractivity contribution in [2.24, 2.45) is 0 Å². The molecule has 0 aliphatic heterocycles. The summed E-state index contributed by atoms with van der Waals surface area (Å²) >= 11 is 6.04. The second-order valence-electron chi connectivity index (χ2n) is 4.47. The van der Waals surface area contributed by atoms with Crippen LogP contribution in [-0.2, 0) is 6.54 Å². The molecular weight excluding hydrogens is 274 g/mol. The van der Waals surface area contributed by atoms with E-state index in [9.17, 15) is 9.90 Å². The summed E-state index contributed by atoms with van der Waals surface area (Å²) in [4.78, 5) is 14.2. The first-order valence-electron chi connectivity index (χ1n) is 6.43. The molecule has 104 valence electrons. The fraction of sp³-hybridized carbons (Fsp3) is 0.188. The summed E-state index contributed by atoms with van der Waals surface area (Å²) in [5.74, 6) is -0.147. The Balaban J connectivity index is 2.23. The van der Waals surface area contributed by atoms with Gasteiger partial charge < -0.3 is 10.0 Å². The average Bonchev–Trinajstić information content (AvgIpc) is 2.47. The summed E-state index contributed by atoms with van der Waals surface area (Å²) in [5, 5.41) is 9.85. The van der Waals surface area contributed by atoms with Gasteiger partial charge in [-0.2, -0.15) is 0 Å². The van der Waals surface area contributed by atoms with Crippen LogP contribution in [-0.4, -0.2) is 22.5 Å². The molecule has 20 heavy (non-hydrogen) atoms. The highest BCUT2D eigenvalue weighted by Gasteiger charge is 2.18. The van der Waals surface area contributed by atoms with Gasteiger partial charge in [-0.15, -0.1) is 0 Å². The molecule has 0 atom stereocenters. The Morgan fingerprint density at radius 2 is 1.90 bits per heavy atom. The van der Waals surface area contributed by atoms with E-state index in [0.29, 0.717) is 23.7 Å². The number of benzene rings is 2. The molecule has 2 rings (SSSR count). The number of hydrogen-bond donors (Lipinski definition) is 1. The van der Waals surface area contributed by atoms with Crippen molar-refractivity contribution in [3.63, 3.8) is 0 Å². The Hall–Kier alpha value is -2.00. The molecule has 0 fully saturated rings. The van der Waals surface area contributed by atoms with Crippen LogP contribution >= 0.6 is 11.6 Å². The lowest BCUT2D eigenvalue weighted by atomic mass is 10.1. The number of carbonyl (C=O) groups excluding carboxylic acids is 1. The van der Waals surface area contributed by atoms with Crippen molar-refractivity contribution in [2.45, 2.75) is 13.5 Å². The maximum atomic E-state index is 12.5.